The number of aromatic nitrogens is 1. The van der Waals surface area contributed by atoms with Crippen LogP contribution in [0.2, 0.25) is 10.0 Å². The van der Waals surface area contributed by atoms with Crippen LogP contribution in [-0.2, 0) is 11.2 Å². The van der Waals surface area contributed by atoms with Crippen molar-refractivity contribution in [3.05, 3.63) is 40.3 Å². The first-order valence-electron chi connectivity index (χ1n) is 7.97. The third kappa shape index (κ3) is 5.49. The molecule has 0 atom stereocenters. The Bertz CT molecular complexity index is 834. The fraction of sp³-hybridized carbons (Fsp3) is 0.333. The van der Waals surface area contributed by atoms with E-state index in [2.05, 4.69) is 4.98 Å². The van der Waals surface area contributed by atoms with E-state index in [1.54, 1.807) is 24.4 Å². The molecule has 0 unspecified atom stereocenters. The molecule has 0 spiro atoms. The zero-order valence-corrected chi connectivity index (χ0v) is 15.4. The van der Waals surface area contributed by atoms with Crippen LogP contribution in [-0.4, -0.2) is 28.9 Å². The predicted octanol–water partition coefficient (Wildman–Crippen LogP) is 4.24. The van der Waals surface area contributed by atoms with Gasteiger partial charge in [-0.25, -0.2) is 4.98 Å². The van der Waals surface area contributed by atoms with Gasteiger partial charge in [0.05, 0.1) is 36.2 Å². The number of aryl methyl sites for hydroxylation is 1. The van der Waals surface area contributed by atoms with Gasteiger partial charge in [0.25, 0.3) is 0 Å². The molecule has 0 bridgehead atoms. The van der Waals surface area contributed by atoms with Gasteiger partial charge in [-0.15, -0.1) is 0 Å². The molecule has 0 radical (unpaired) electrons. The van der Waals surface area contributed by atoms with E-state index in [9.17, 15) is 4.79 Å². The fourth-order valence-corrected chi connectivity index (χ4v) is 2.84. The normalized spacial score (nSPS) is 10.2. The molecule has 0 fully saturated rings. The van der Waals surface area contributed by atoms with Gasteiger partial charge in [0.1, 0.15) is 0 Å². The summed E-state index contributed by atoms with van der Waals surface area (Å²) in [5.74, 6) is 0.777. The summed E-state index contributed by atoms with van der Waals surface area (Å²) in [7, 11) is 0. The second-order valence-electron chi connectivity index (χ2n) is 5.44. The lowest BCUT2D eigenvalue weighted by Crippen LogP contribution is -2.32. The predicted molar refractivity (Wildman–Crippen MR) is 97.3 cm³/mol. The molecule has 0 aliphatic rings. The molecular formula is C18H16Cl2N4O2. The van der Waals surface area contributed by atoms with E-state index in [-0.39, 0.29) is 25.2 Å². The van der Waals surface area contributed by atoms with Crippen LogP contribution >= 0.6 is 23.2 Å². The topological polar surface area (TPSA) is 93.9 Å². The van der Waals surface area contributed by atoms with Crippen molar-refractivity contribution >= 4 is 29.1 Å². The van der Waals surface area contributed by atoms with E-state index < -0.39 is 0 Å². The molecule has 26 heavy (non-hydrogen) atoms. The molecule has 134 valence electrons. The minimum Gasteiger partial charge on any atom is -0.441 e. The van der Waals surface area contributed by atoms with Gasteiger partial charge in [0.2, 0.25) is 5.91 Å². The Hall–Kier alpha value is -2.54. The Balaban J connectivity index is 1.99. The number of nitriles is 2. The molecule has 2 aromatic rings. The van der Waals surface area contributed by atoms with Gasteiger partial charge in [-0.1, -0.05) is 23.2 Å². The van der Waals surface area contributed by atoms with E-state index in [0.717, 1.165) is 0 Å². The number of oxazole rings is 1. The average Bonchev–Trinajstić information content (AvgIpc) is 3.08. The summed E-state index contributed by atoms with van der Waals surface area (Å²) >= 11 is 12.0. The van der Waals surface area contributed by atoms with Crippen LogP contribution in [0.4, 0.5) is 0 Å². The summed E-state index contributed by atoms with van der Waals surface area (Å²) in [5.41, 5.74) is 0.672. The number of carbonyl (C=O) groups is 1. The molecule has 1 aromatic carbocycles. The van der Waals surface area contributed by atoms with Crippen molar-refractivity contribution < 1.29 is 9.21 Å². The number of amides is 1. The summed E-state index contributed by atoms with van der Waals surface area (Å²) in [5, 5.41) is 18.3. The Morgan fingerprint density at radius 2 is 1.88 bits per heavy atom. The first-order chi connectivity index (χ1) is 12.5. The third-order valence-electron chi connectivity index (χ3n) is 3.64. The van der Waals surface area contributed by atoms with E-state index >= 15 is 0 Å². The molecule has 2 rings (SSSR count). The van der Waals surface area contributed by atoms with E-state index in [0.29, 0.717) is 46.8 Å². The van der Waals surface area contributed by atoms with Crippen molar-refractivity contribution in [3.8, 4) is 23.5 Å². The van der Waals surface area contributed by atoms with Gasteiger partial charge in [-0.3, -0.25) is 4.79 Å². The number of hydrogen-bond donors (Lipinski definition) is 0. The zero-order chi connectivity index (χ0) is 18.9. The minimum absolute atomic E-state index is 0.139. The van der Waals surface area contributed by atoms with Gasteiger partial charge in [-0.05, 0) is 18.2 Å². The maximum atomic E-state index is 12.3. The molecule has 1 heterocycles. The molecule has 0 saturated carbocycles. The Morgan fingerprint density at radius 1 is 1.19 bits per heavy atom. The lowest BCUT2D eigenvalue weighted by molar-refractivity contribution is -0.131. The highest BCUT2D eigenvalue weighted by Gasteiger charge is 2.15. The lowest BCUT2D eigenvalue weighted by atomic mass is 10.2. The third-order valence-corrected chi connectivity index (χ3v) is 4.19. The van der Waals surface area contributed by atoms with Crippen LogP contribution in [0, 0.1) is 22.7 Å². The highest BCUT2D eigenvalue weighted by molar-refractivity contribution is 6.36. The van der Waals surface area contributed by atoms with Gasteiger partial charge in [-0.2, -0.15) is 10.5 Å². The number of benzene rings is 1. The SMILES string of the molecule is N#CCCN(CCC#N)C(=O)CCc1ncc(-c2ccc(Cl)cc2Cl)o1. The first-order valence-corrected chi connectivity index (χ1v) is 8.72. The number of rotatable bonds is 8. The van der Waals surface area contributed by atoms with E-state index in [4.69, 9.17) is 38.1 Å². The summed E-state index contributed by atoms with van der Waals surface area (Å²) in [4.78, 5) is 18.0. The van der Waals surface area contributed by atoms with Gasteiger partial charge in [0, 0.05) is 36.5 Å². The van der Waals surface area contributed by atoms with Crippen molar-refractivity contribution in [1.29, 1.82) is 10.5 Å². The van der Waals surface area contributed by atoms with Crippen LogP contribution in [0.5, 0.6) is 0 Å². The molecule has 1 aromatic heterocycles. The van der Waals surface area contributed by atoms with Crippen molar-refractivity contribution in [2.24, 2.45) is 0 Å². The molecule has 0 aliphatic carbocycles. The van der Waals surface area contributed by atoms with Crippen molar-refractivity contribution in [2.75, 3.05) is 13.1 Å². The van der Waals surface area contributed by atoms with Crippen LogP contribution in [0.3, 0.4) is 0 Å². The van der Waals surface area contributed by atoms with Gasteiger partial charge >= 0.3 is 0 Å². The largest absolute Gasteiger partial charge is 0.441 e. The average molecular weight is 391 g/mol. The summed E-state index contributed by atoms with van der Waals surface area (Å²) in [6.07, 6.45) is 2.52. The summed E-state index contributed by atoms with van der Waals surface area (Å²) < 4.78 is 5.67. The van der Waals surface area contributed by atoms with E-state index in [1.807, 2.05) is 12.1 Å². The standard InChI is InChI=1S/C18H16Cl2N4O2/c19-13-3-4-14(15(20)11-13)16-12-23-17(26-16)5-6-18(25)24(9-1-7-21)10-2-8-22/h3-4,11-12H,1-2,5-6,9-10H2. The lowest BCUT2D eigenvalue weighted by Gasteiger charge is -2.19. The number of hydrogen-bond acceptors (Lipinski definition) is 5. The smallest absolute Gasteiger partial charge is 0.223 e. The monoisotopic (exact) mass is 390 g/mol. The number of carbonyl (C=O) groups excluding carboxylic acids is 1. The zero-order valence-electron chi connectivity index (χ0n) is 13.9. The maximum Gasteiger partial charge on any atom is 0.223 e. The molecular weight excluding hydrogens is 375 g/mol. The molecule has 0 N–H and O–H groups in total. The van der Waals surface area contributed by atoms with Crippen LogP contribution < -0.4 is 0 Å². The van der Waals surface area contributed by atoms with Crippen LogP contribution in [0.15, 0.2) is 28.8 Å². The molecule has 0 saturated heterocycles. The Labute approximate surface area is 161 Å². The van der Waals surface area contributed by atoms with Gasteiger partial charge < -0.3 is 9.32 Å². The van der Waals surface area contributed by atoms with Crippen molar-refractivity contribution in [2.45, 2.75) is 25.7 Å². The molecule has 0 aliphatic heterocycles. The number of nitrogens with zero attached hydrogens (tertiary/aromatic N) is 4. The Morgan fingerprint density at radius 3 is 2.50 bits per heavy atom. The first kappa shape index (κ1) is 19.8. The molecule has 1 amide bonds. The molecule has 6 nitrogen and oxygen atoms in total. The maximum absolute atomic E-state index is 12.3. The molecule has 8 heteroatoms. The Kier molecular flexibility index (Phi) is 7.47. The fourth-order valence-electron chi connectivity index (χ4n) is 2.34. The summed E-state index contributed by atoms with van der Waals surface area (Å²) in [6.45, 7) is 0.627. The highest BCUT2D eigenvalue weighted by Crippen LogP contribution is 2.30. The van der Waals surface area contributed by atoms with Crippen molar-refractivity contribution in [1.82, 2.24) is 9.88 Å². The second-order valence-corrected chi connectivity index (χ2v) is 6.28. The highest BCUT2D eigenvalue weighted by atomic mass is 35.5. The minimum atomic E-state index is -0.139. The van der Waals surface area contributed by atoms with Crippen LogP contribution in [0.25, 0.3) is 11.3 Å². The second kappa shape index (κ2) is 9.82. The van der Waals surface area contributed by atoms with E-state index in [1.165, 1.54) is 4.90 Å². The quantitative estimate of drug-likeness (QED) is 0.671. The number of halogens is 2. The van der Waals surface area contributed by atoms with Crippen molar-refractivity contribution in [3.63, 3.8) is 0 Å². The summed E-state index contributed by atoms with van der Waals surface area (Å²) in [6, 6.07) is 9.07. The van der Waals surface area contributed by atoms with Crippen LogP contribution in [0.1, 0.15) is 25.2 Å². The van der Waals surface area contributed by atoms with Gasteiger partial charge in [0.15, 0.2) is 11.7 Å².